The summed E-state index contributed by atoms with van der Waals surface area (Å²) in [5.41, 5.74) is 0.604. The molecule has 38 heavy (non-hydrogen) atoms. The number of ether oxygens (including phenoxy) is 1. The number of anilines is 1. The van der Waals surface area contributed by atoms with Crippen LogP contribution in [0.1, 0.15) is 57.4 Å². The molecule has 4 atom stereocenters. The third-order valence-corrected chi connectivity index (χ3v) is 10.4. The van der Waals surface area contributed by atoms with Crippen LogP contribution in [0, 0.1) is 23.7 Å². The number of rotatable bonds is 10. The number of carbonyl (C=O) groups is 2. The monoisotopic (exact) mass is 565 g/mol. The second kappa shape index (κ2) is 10.3. The average Bonchev–Trinajstić information content (AvgIpc) is 3.42. The molecule has 1 aliphatic heterocycles. The predicted octanol–water partition coefficient (Wildman–Crippen LogP) is 2.74. The molecular formula is C26H35N3O7S2. The summed E-state index contributed by atoms with van der Waals surface area (Å²) < 4.78 is 58.6. The summed E-state index contributed by atoms with van der Waals surface area (Å²) in [6, 6.07) is 4.12. The Morgan fingerprint density at radius 2 is 1.89 bits per heavy atom. The van der Waals surface area contributed by atoms with E-state index in [1.54, 1.807) is 13.0 Å². The van der Waals surface area contributed by atoms with E-state index in [1.165, 1.54) is 12.1 Å². The Morgan fingerprint density at radius 1 is 1.16 bits per heavy atom. The van der Waals surface area contributed by atoms with Crippen LogP contribution in [0.2, 0.25) is 0 Å². The highest BCUT2D eigenvalue weighted by atomic mass is 32.2. The zero-order chi connectivity index (χ0) is 27.2. The van der Waals surface area contributed by atoms with Crippen LogP contribution in [0.25, 0.3) is 0 Å². The van der Waals surface area contributed by atoms with E-state index < -0.39 is 19.9 Å². The minimum absolute atomic E-state index is 0.0191. The zero-order valence-electron chi connectivity index (χ0n) is 21.8. The average molecular weight is 566 g/mol. The van der Waals surface area contributed by atoms with E-state index in [0.717, 1.165) is 44.8 Å². The van der Waals surface area contributed by atoms with Crippen molar-refractivity contribution >= 4 is 43.3 Å². The van der Waals surface area contributed by atoms with E-state index in [4.69, 9.17) is 4.74 Å². The molecular weight excluding hydrogens is 530 g/mol. The maximum absolute atomic E-state index is 13.8. The fourth-order valence-electron chi connectivity index (χ4n) is 6.42. The molecule has 2 unspecified atom stereocenters. The van der Waals surface area contributed by atoms with Crippen LogP contribution in [0.3, 0.4) is 0 Å². The van der Waals surface area contributed by atoms with E-state index in [9.17, 15) is 26.4 Å². The van der Waals surface area contributed by atoms with Gasteiger partial charge in [-0.2, -0.15) is 8.42 Å². The van der Waals surface area contributed by atoms with Gasteiger partial charge in [0.15, 0.2) is 9.84 Å². The van der Waals surface area contributed by atoms with Gasteiger partial charge in [0, 0.05) is 18.8 Å². The minimum atomic E-state index is -4.13. The van der Waals surface area contributed by atoms with E-state index in [2.05, 4.69) is 9.71 Å². The van der Waals surface area contributed by atoms with E-state index in [-0.39, 0.29) is 64.3 Å². The van der Waals surface area contributed by atoms with Gasteiger partial charge in [-0.3, -0.25) is 9.59 Å². The van der Waals surface area contributed by atoms with Crippen molar-refractivity contribution in [1.82, 2.24) is 4.90 Å². The highest BCUT2D eigenvalue weighted by Gasteiger charge is 2.54. The van der Waals surface area contributed by atoms with Crippen molar-refractivity contribution < 1.29 is 31.2 Å². The number of esters is 1. The predicted molar refractivity (Wildman–Crippen MR) is 142 cm³/mol. The van der Waals surface area contributed by atoms with Crippen molar-refractivity contribution in [3.63, 3.8) is 0 Å². The molecule has 3 fully saturated rings. The van der Waals surface area contributed by atoms with Crippen molar-refractivity contribution in [2.24, 2.45) is 28.1 Å². The molecule has 0 saturated heterocycles. The first-order chi connectivity index (χ1) is 17.9. The van der Waals surface area contributed by atoms with E-state index in [1.807, 2.05) is 4.90 Å². The summed E-state index contributed by atoms with van der Waals surface area (Å²) in [6.45, 7) is 2.60. The van der Waals surface area contributed by atoms with Crippen LogP contribution in [0.5, 0.6) is 0 Å². The lowest BCUT2D eigenvalue weighted by molar-refractivity contribution is -0.154. The minimum Gasteiger partial charge on any atom is -0.466 e. The number of hydrogen-bond acceptors (Lipinski definition) is 8. The van der Waals surface area contributed by atoms with Crippen LogP contribution >= 0.6 is 0 Å². The molecule has 12 heteroatoms. The molecule has 0 aromatic heterocycles. The van der Waals surface area contributed by atoms with Gasteiger partial charge < -0.3 is 15.0 Å². The summed E-state index contributed by atoms with van der Waals surface area (Å²) in [6.07, 6.45) is 6.82. The van der Waals surface area contributed by atoms with Gasteiger partial charge in [0.05, 0.1) is 30.4 Å². The van der Waals surface area contributed by atoms with Crippen molar-refractivity contribution in [3.8, 4) is 0 Å². The second-order valence-corrected chi connectivity index (χ2v) is 14.8. The summed E-state index contributed by atoms with van der Waals surface area (Å²) in [5.74, 6) is -0.0914. The first-order valence-electron chi connectivity index (χ1n) is 13.3. The second-order valence-electron chi connectivity index (χ2n) is 11.1. The number of sulfonamides is 1. The SMILES string of the molecule is CCOC(=O)C1C(N(CCC2CC2)C(=O)CC2=NS(=O)(=O)c3cc(CS(C)(=O)=O)ccc3N2)[C@H]2CC[C@@H]1C2. The van der Waals surface area contributed by atoms with Gasteiger partial charge in [0.1, 0.15) is 10.7 Å². The van der Waals surface area contributed by atoms with Gasteiger partial charge in [-0.25, -0.2) is 8.42 Å². The Bertz CT molecular complexity index is 1370. The van der Waals surface area contributed by atoms with Crippen LogP contribution in [0.4, 0.5) is 5.69 Å². The number of nitrogens with one attached hydrogen (secondary N) is 1. The first kappa shape index (κ1) is 27.1. The number of nitrogens with zero attached hydrogens (tertiary/aromatic N) is 2. The van der Waals surface area contributed by atoms with Gasteiger partial charge in [0.25, 0.3) is 10.0 Å². The molecule has 208 valence electrons. The van der Waals surface area contributed by atoms with Gasteiger partial charge in [0.2, 0.25) is 5.91 Å². The summed E-state index contributed by atoms with van der Waals surface area (Å²) in [5, 5.41) is 2.97. The van der Waals surface area contributed by atoms with E-state index in [0.29, 0.717) is 24.6 Å². The first-order valence-corrected chi connectivity index (χ1v) is 16.8. The lowest BCUT2D eigenvalue weighted by atomic mass is 9.83. The number of sulfone groups is 1. The zero-order valence-corrected chi connectivity index (χ0v) is 23.4. The number of hydrogen-bond donors (Lipinski definition) is 1. The number of amidine groups is 1. The molecule has 5 rings (SSSR count). The number of benzene rings is 1. The molecule has 1 amide bonds. The summed E-state index contributed by atoms with van der Waals surface area (Å²) in [7, 11) is -7.47. The lowest BCUT2D eigenvalue weighted by Crippen LogP contribution is -2.51. The Hall–Kier alpha value is -2.47. The Morgan fingerprint density at radius 3 is 2.58 bits per heavy atom. The van der Waals surface area contributed by atoms with Crippen LogP contribution in [-0.4, -0.2) is 64.9 Å². The largest absolute Gasteiger partial charge is 0.466 e. The Balaban J connectivity index is 1.38. The molecule has 1 N–H and O–H groups in total. The van der Waals surface area contributed by atoms with Gasteiger partial charge in [-0.05, 0) is 68.1 Å². The fraction of sp³-hybridized carbons (Fsp3) is 0.654. The Kier molecular flexibility index (Phi) is 7.32. The van der Waals surface area contributed by atoms with Crippen LogP contribution in [0.15, 0.2) is 27.5 Å². The molecule has 1 heterocycles. The molecule has 10 nitrogen and oxygen atoms in total. The molecule has 1 aromatic rings. The van der Waals surface area contributed by atoms with Crippen LogP contribution < -0.4 is 5.32 Å². The van der Waals surface area contributed by atoms with Gasteiger partial charge >= 0.3 is 5.97 Å². The number of fused-ring (bicyclic) bond motifs is 3. The maximum atomic E-state index is 13.8. The van der Waals surface area contributed by atoms with Crippen LogP contribution in [-0.2, 0) is 39.9 Å². The summed E-state index contributed by atoms with van der Waals surface area (Å²) >= 11 is 0. The number of amides is 1. The molecule has 4 aliphatic rings. The molecule has 3 saturated carbocycles. The third kappa shape index (κ3) is 5.75. The van der Waals surface area contributed by atoms with Crippen molar-refractivity contribution in [1.29, 1.82) is 0 Å². The lowest BCUT2D eigenvalue weighted by Gasteiger charge is -2.39. The van der Waals surface area contributed by atoms with Crippen molar-refractivity contribution in [2.45, 2.75) is 68.6 Å². The van der Waals surface area contributed by atoms with E-state index >= 15 is 0 Å². The molecule has 1 aromatic carbocycles. The summed E-state index contributed by atoms with van der Waals surface area (Å²) in [4.78, 5) is 28.4. The number of carbonyl (C=O) groups excluding carboxylic acids is 2. The third-order valence-electron chi connectivity index (χ3n) is 8.17. The quantitative estimate of drug-likeness (QED) is 0.427. The van der Waals surface area contributed by atoms with Gasteiger partial charge in [-0.1, -0.05) is 18.9 Å². The standard InChI is InChI=1S/C26H35N3O7S2/c1-3-36-26(31)24-18-7-8-19(13-18)25(24)29(11-10-16-4-5-16)23(30)14-22-27-20-9-6-17(15-37(2,32)33)12-21(20)38(34,35)28-22/h6,9,12,16,18-19,24-25H,3-5,7-8,10-11,13-15H2,1-2H3,(H,27,28)/t18-,19+,24?,25?/m1/s1. The molecule has 2 bridgehead atoms. The fourth-order valence-corrected chi connectivity index (χ4v) is 8.40. The highest BCUT2D eigenvalue weighted by Crippen LogP contribution is 2.51. The molecule has 0 radical (unpaired) electrons. The highest BCUT2D eigenvalue weighted by molar-refractivity contribution is 7.90. The van der Waals surface area contributed by atoms with Gasteiger partial charge in [-0.15, -0.1) is 4.40 Å². The molecule has 0 spiro atoms. The maximum Gasteiger partial charge on any atom is 0.311 e. The smallest absolute Gasteiger partial charge is 0.311 e. The normalized spacial score (nSPS) is 27.3. The van der Waals surface area contributed by atoms with Crippen molar-refractivity contribution in [2.75, 3.05) is 24.7 Å². The topological polar surface area (TPSA) is 139 Å². The molecule has 3 aliphatic carbocycles. The Labute approximate surface area is 224 Å². The van der Waals surface area contributed by atoms with Crippen molar-refractivity contribution in [3.05, 3.63) is 23.8 Å².